The van der Waals surface area contributed by atoms with Crippen LogP contribution in [0.4, 0.5) is 5.69 Å². The number of nitrogens with one attached hydrogen (secondary N) is 2. The zero-order chi connectivity index (χ0) is 17.7. The van der Waals surface area contributed by atoms with Crippen molar-refractivity contribution in [1.29, 1.82) is 0 Å². The van der Waals surface area contributed by atoms with E-state index in [9.17, 15) is 13.2 Å². The van der Waals surface area contributed by atoms with Crippen molar-refractivity contribution in [2.45, 2.75) is 18.7 Å². The van der Waals surface area contributed by atoms with Gasteiger partial charge in [0.25, 0.3) is 15.9 Å². The predicted molar refractivity (Wildman–Crippen MR) is 94.3 cm³/mol. The molecule has 0 heterocycles. The van der Waals surface area contributed by atoms with Crippen molar-refractivity contribution in [3.05, 3.63) is 59.2 Å². The Morgan fingerprint density at radius 1 is 1.12 bits per heavy atom. The van der Waals surface area contributed by atoms with E-state index in [4.69, 9.17) is 6.42 Å². The number of benzene rings is 2. The summed E-state index contributed by atoms with van der Waals surface area (Å²) in [4.78, 5) is 12.0. The number of hydrogen-bond donors (Lipinski definition) is 2. The van der Waals surface area contributed by atoms with Crippen LogP contribution in [0.1, 0.15) is 21.5 Å². The summed E-state index contributed by atoms with van der Waals surface area (Å²) in [5.41, 5.74) is 2.31. The Labute approximate surface area is 142 Å². The Balaban J connectivity index is 2.20. The average molecular weight is 342 g/mol. The van der Waals surface area contributed by atoms with Gasteiger partial charge in [0.2, 0.25) is 0 Å². The van der Waals surface area contributed by atoms with E-state index in [0.29, 0.717) is 16.8 Å². The number of anilines is 1. The molecule has 0 aromatic heterocycles. The van der Waals surface area contributed by atoms with E-state index >= 15 is 0 Å². The molecule has 1 amide bonds. The van der Waals surface area contributed by atoms with E-state index in [-0.39, 0.29) is 17.3 Å². The van der Waals surface area contributed by atoms with Crippen LogP contribution in [0.5, 0.6) is 0 Å². The number of hydrogen-bond acceptors (Lipinski definition) is 3. The number of amides is 1. The smallest absolute Gasteiger partial charge is 0.262 e. The fourth-order valence-electron chi connectivity index (χ4n) is 2.13. The third-order valence-corrected chi connectivity index (χ3v) is 4.91. The van der Waals surface area contributed by atoms with Crippen LogP contribution in [0.25, 0.3) is 0 Å². The minimum absolute atomic E-state index is 0.139. The lowest BCUT2D eigenvalue weighted by Gasteiger charge is -2.11. The Kier molecular flexibility index (Phi) is 5.27. The molecule has 0 aliphatic heterocycles. The second-order valence-electron chi connectivity index (χ2n) is 5.34. The number of aryl methyl sites for hydroxylation is 2. The van der Waals surface area contributed by atoms with Crippen LogP contribution in [0, 0.1) is 26.2 Å². The van der Waals surface area contributed by atoms with Crippen LogP contribution in [-0.4, -0.2) is 20.9 Å². The van der Waals surface area contributed by atoms with Gasteiger partial charge in [0.1, 0.15) is 0 Å². The largest absolute Gasteiger partial charge is 0.341 e. The Bertz CT molecular complexity index is 895. The zero-order valence-electron chi connectivity index (χ0n) is 13.5. The summed E-state index contributed by atoms with van der Waals surface area (Å²) in [5.74, 6) is 2.01. The SMILES string of the molecule is C#CCNC(=O)c1ccc(NS(=O)(=O)c2cc(C)ccc2C)cc1. The maximum Gasteiger partial charge on any atom is 0.262 e. The number of terminal acetylenes is 1. The van der Waals surface area contributed by atoms with Crippen LogP contribution in [0.3, 0.4) is 0 Å². The van der Waals surface area contributed by atoms with Crippen molar-refractivity contribution in [3.8, 4) is 12.3 Å². The minimum Gasteiger partial charge on any atom is -0.341 e. The molecular weight excluding hydrogens is 324 g/mol. The van der Waals surface area contributed by atoms with Gasteiger partial charge in [-0.25, -0.2) is 8.42 Å². The molecule has 0 aliphatic rings. The van der Waals surface area contributed by atoms with Crippen LogP contribution in [0.2, 0.25) is 0 Å². The molecule has 0 fully saturated rings. The molecule has 0 unspecified atom stereocenters. The van der Waals surface area contributed by atoms with E-state index in [2.05, 4.69) is 16.0 Å². The van der Waals surface area contributed by atoms with Crippen molar-refractivity contribution >= 4 is 21.6 Å². The van der Waals surface area contributed by atoms with Crippen molar-refractivity contribution in [1.82, 2.24) is 5.32 Å². The zero-order valence-corrected chi connectivity index (χ0v) is 14.3. The molecule has 5 nitrogen and oxygen atoms in total. The Hall–Kier alpha value is -2.78. The first-order valence-corrected chi connectivity index (χ1v) is 8.73. The molecule has 2 aromatic rings. The third-order valence-electron chi connectivity index (χ3n) is 3.38. The third kappa shape index (κ3) is 4.15. The molecule has 0 saturated carbocycles. The quantitative estimate of drug-likeness (QED) is 0.820. The normalized spacial score (nSPS) is 10.7. The van der Waals surface area contributed by atoms with Gasteiger partial charge in [0.15, 0.2) is 0 Å². The van der Waals surface area contributed by atoms with Gasteiger partial charge in [0.05, 0.1) is 11.4 Å². The second kappa shape index (κ2) is 7.20. The molecule has 6 heteroatoms. The van der Waals surface area contributed by atoms with Gasteiger partial charge in [0, 0.05) is 11.3 Å². The highest BCUT2D eigenvalue weighted by molar-refractivity contribution is 7.92. The van der Waals surface area contributed by atoms with Gasteiger partial charge in [-0.15, -0.1) is 6.42 Å². The monoisotopic (exact) mass is 342 g/mol. The number of sulfonamides is 1. The fourth-order valence-corrected chi connectivity index (χ4v) is 3.52. The highest BCUT2D eigenvalue weighted by Crippen LogP contribution is 2.21. The molecular formula is C18H18N2O3S. The fraction of sp³-hybridized carbons (Fsp3) is 0.167. The molecule has 0 spiro atoms. The van der Waals surface area contributed by atoms with E-state index in [1.165, 1.54) is 24.3 Å². The summed E-state index contributed by atoms with van der Waals surface area (Å²) >= 11 is 0. The lowest BCUT2D eigenvalue weighted by atomic mass is 10.2. The summed E-state index contributed by atoms with van der Waals surface area (Å²) in [6.45, 7) is 3.72. The topological polar surface area (TPSA) is 75.3 Å². The van der Waals surface area contributed by atoms with Gasteiger partial charge in [-0.2, -0.15) is 0 Å². The van der Waals surface area contributed by atoms with Gasteiger partial charge >= 0.3 is 0 Å². The van der Waals surface area contributed by atoms with Crippen molar-refractivity contribution in [3.63, 3.8) is 0 Å². The summed E-state index contributed by atoms with van der Waals surface area (Å²) < 4.78 is 27.6. The first-order chi connectivity index (χ1) is 11.3. The maximum absolute atomic E-state index is 12.5. The number of carbonyl (C=O) groups is 1. The van der Waals surface area contributed by atoms with Gasteiger partial charge in [-0.1, -0.05) is 18.1 Å². The molecule has 2 aromatic carbocycles. The molecule has 0 aliphatic carbocycles. The summed E-state index contributed by atoms with van der Waals surface area (Å²) in [6, 6.07) is 11.4. The second-order valence-corrected chi connectivity index (χ2v) is 6.99. The van der Waals surface area contributed by atoms with E-state index in [0.717, 1.165) is 5.56 Å². The lowest BCUT2D eigenvalue weighted by molar-refractivity contribution is 0.0958. The molecule has 0 saturated heterocycles. The Morgan fingerprint density at radius 2 is 1.79 bits per heavy atom. The Morgan fingerprint density at radius 3 is 2.42 bits per heavy atom. The first-order valence-electron chi connectivity index (χ1n) is 7.25. The van der Waals surface area contributed by atoms with Gasteiger partial charge < -0.3 is 5.32 Å². The highest BCUT2D eigenvalue weighted by atomic mass is 32.2. The summed E-state index contributed by atoms with van der Waals surface area (Å²) in [6.07, 6.45) is 5.09. The van der Waals surface area contributed by atoms with Crippen molar-refractivity contribution < 1.29 is 13.2 Å². The number of rotatable bonds is 5. The number of carbonyl (C=O) groups excluding carboxylic acids is 1. The molecule has 24 heavy (non-hydrogen) atoms. The van der Waals surface area contributed by atoms with E-state index in [1.807, 2.05) is 13.0 Å². The van der Waals surface area contributed by atoms with Crippen LogP contribution >= 0.6 is 0 Å². The lowest BCUT2D eigenvalue weighted by Crippen LogP contribution is -2.23. The van der Waals surface area contributed by atoms with E-state index in [1.54, 1.807) is 19.1 Å². The molecule has 124 valence electrons. The standard InChI is InChI=1S/C18H18N2O3S/c1-4-11-19-18(21)15-7-9-16(10-8-15)20-24(22,23)17-12-13(2)5-6-14(17)3/h1,5-10,12,20H,11H2,2-3H3,(H,19,21). The van der Waals surface area contributed by atoms with Crippen LogP contribution in [0.15, 0.2) is 47.4 Å². The highest BCUT2D eigenvalue weighted by Gasteiger charge is 2.17. The van der Waals surface area contributed by atoms with Gasteiger partial charge in [-0.3, -0.25) is 9.52 Å². The first kappa shape index (κ1) is 17.6. The van der Waals surface area contributed by atoms with Crippen LogP contribution < -0.4 is 10.0 Å². The van der Waals surface area contributed by atoms with E-state index < -0.39 is 10.0 Å². The maximum atomic E-state index is 12.5. The summed E-state index contributed by atoms with van der Waals surface area (Å²) in [7, 11) is -3.69. The van der Waals surface area contributed by atoms with Crippen molar-refractivity contribution in [2.24, 2.45) is 0 Å². The van der Waals surface area contributed by atoms with Gasteiger partial charge in [-0.05, 0) is 55.3 Å². The molecule has 2 rings (SSSR count). The van der Waals surface area contributed by atoms with Crippen LogP contribution in [-0.2, 0) is 10.0 Å². The summed E-state index contributed by atoms with van der Waals surface area (Å²) in [5, 5.41) is 2.54. The molecule has 0 atom stereocenters. The average Bonchev–Trinajstić information content (AvgIpc) is 2.55. The van der Waals surface area contributed by atoms with Crippen molar-refractivity contribution in [2.75, 3.05) is 11.3 Å². The minimum atomic E-state index is -3.69. The predicted octanol–water partition coefficient (Wildman–Crippen LogP) is 2.47. The molecule has 2 N–H and O–H groups in total. The molecule has 0 radical (unpaired) electrons. The molecule has 0 bridgehead atoms.